The molecule has 0 bridgehead atoms. The molecule has 2 heterocycles. The standard InChI is InChI=1S/C11H20F3N3O/c12-11(13,14)10(7-15)17-2-1-9(8-17)16-3-5-18-6-4-16/h9-10H,1-8,15H2. The van der Waals surface area contributed by atoms with Crippen molar-refractivity contribution in [3.05, 3.63) is 0 Å². The highest BCUT2D eigenvalue weighted by atomic mass is 19.4. The zero-order chi connectivity index (χ0) is 13.2. The highest BCUT2D eigenvalue weighted by molar-refractivity contribution is 4.90. The lowest BCUT2D eigenvalue weighted by molar-refractivity contribution is -0.178. The van der Waals surface area contributed by atoms with E-state index in [1.54, 1.807) is 0 Å². The molecule has 2 rings (SSSR count). The van der Waals surface area contributed by atoms with Gasteiger partial charge in [-0.3, -0.25) is 9.80 Å². The van der Waals surface area contributed by atoms with E-state index in [1.165, 1.54) is 4.90 Å². The summed E-state index contributed by atoms with van der Waals surface area (Å²) in [5, 5.41) is 0. The zero-order valence-electron chi connectivity index (χ0n) is 10.3. The van der Waals surface area contributed by atoms with Crippen LogP contribution in [0.5, 0.6) is 0 Å². The molecule has 2 aliphatic heterocycles. The Morgan fingerprint density at radius 3 is 2.44 bits per heavy atom. The van der Waals surface area contributed by atoms with Crippen molar-refractivity contribution >= 4 is 0 Å². The Kier molecular flexibility index (Phi) is 4.47. The summed E-state index contributed by atoms with van der Waals surface area (Å²) in [6.45, 7) is 3.56. The van der Waals surface area contributed by atoms with Gasteiger partial charge in [-0.15, -0.1) is 0 Å². The molecule has 2 fully saturated rings. The van der Waals surface area contributed by atoms with Gasteiger partial charge in [0.2, 0.25) is 0 Å². The number of morpholine rings is 1. The van der Waals surface area contributed by atoms with E-state index in [4.69, 9.17) is 10.5 Å². The van der Waals surface area contributed by atoms with Crippen molar-refractivity contribution in [2.24, 2.45) is 5.73 Å². The van der Waals surface area contributed by atoms with Gasteiger partial charge in [0.1, 0.15) is 6.04 Å². The first-order valence-electron chi connectivity index (χ1n) is 6.35. The highest BCUT2D eigenvalue weighted by Gasteiger charge is 2.45. The third-order valence-corrected chi connectivity index (χ3v) is 3.80. The molecule has 0 aromatic rings. The molecule has 4 nitrogen and oxygen atoms in total. The zero-order valence-corrected chi connectivity index (χ0v) is 10.3. The van der Waals surface area contributed by atoms with Crippen LogP contribution in [0.4, 0.5) is 13.2 Å². The van der Waals surface area contributed by atoms with Gasteiger partial charge in [-0.25, -0.2) is 0 Å². The number of halogens is 3. The normalized spacial score (nSPS) is 29.7. The maximum absolute atomic E-state index is 12.8. The fourth-order valence-electron chi connectivity index (χ4n) is 2.78. The topological polar surface area (TPSA) is 41.7 Å². The Hall–Kier alpha value is -0.370. The first kappa shape index (κ1) is 14.0. The van der Waals surface area contributed by atoms with Crippen molar-refractivity contribution in [1.29, 1.82) is 0 Å². The minimum atomic E-state index is -4.23. The van der Waals surface area contributed by atoms with E-state index in [0.29, 0.717) is 26.3 Å². The SMILES string of the molecule is NCC(N1CCC(N2CCOCC2)C1)C(F)(F)F. The van der Waals surface area contributed by atoms with Crippen LogP contribution in [-0.4, -0.2) is 74.0 Å². The van der Waals surface area contributed by atoms with Crippen molar-refractivity contribution in [3.8, 4) is 0 Å². The average molecular weight is 267 g/mol. The maximum atomic E-state index is 12.8. The summed E-state index contributed by atoms with van der Waals surface area (Å²) in [6.07, 6.45) is -3.44. The van der Waals surface area contributed by atoms with E-state index < -0.39 is 12.2 Å². The Morgan fingerprint density at radius 2 is 1.89 bits per heavy atom. The third-order valence-electron chi connectivity index (χ3n) is 3.80. The second kappa shape index (κ2) is 5.73. The van der Waals surface area contributed by atoms with Crippen LogP contribution in [0.3, 0.4) is 0 Å². The molecular weight excluding hydrogens is 247 g/mol. The Bertz CT molecular complexity index is 269. The second-order valence-corrected chi connectivity index (χ2v) is 4.88. The van der Waals surface area contributed by atoms with Crippen LogP contribution in [-0.2, 0) is 4.74 Å². The third kappa shape index (κ3) is 3.14. The van der Waals surface area contributed by atoms with Crippen molar-refractivity contribution in [1.82, 2.24) is 9.80 Å². The molecule has 18 heavy (non-hydrogen) atoms. The van der Waals surface area contributed by atoms with E-state index in [2.05, 4.69) is 4.90 Å². The largest absolute Gasteiger partial charge is 0.405 e. The Labute approximate surface area is 105 Å². The number of likely N-dealkylation sites (tertiary alicyclic amines) is 1. The summed E-state index contributed by atoms with van der Waals surface area (Å²) >= 11 is 0. The van der Waals surface area contributed by atoms with Gasteiger partial charge in [-0.1, -0.05) is 0 Å². The summed E-state index contributed by atoms with van der Waals surface area (Å²) in [4.78, 5) is 3.70. The van der Waals surface area contributed by atoms with Gasteiger partial charge in [0, 0.05) is 38.8 Å². The van der Waals surface area contributed by atoms with E-state index in [1.807, 2.05) is 0 Å². The highest BCUT2D eigenvalue weighted by Crippen LogP contribution is 2.28. The summed E-state index contributed by atoms with van der Waals surface area (Å²) in [5.74, 6) is 0. The van der Waals surface area contributed by atoms with Gasteiger partial charge >= 0.3 is 6.18 Å². The van der Waals surface area contributed by atoms with Crippen LogP contribution in [0.1, 0.15) is 6.42 Å². The minimum absolute atomic E-state index is 0.213. The summed E-state index contributed by atoms with van der Waals surface area (Å²) in [6, 6.07) is -1.28. The van der Waals surface area contributed by atoms with Crippen molar-refractivity contribution in [2.75, 3.05) is 45.9 Å². The van der Waals surface area contributed by atoms with Gasteiger partial charge in [0.15, 0.2) is 0 Å². The molecule has 2 unspecified atom stereocenters. The molecule has 2 aliphatic rings. The molecule has 0 radical (unpaired) electrons. The number of hydrogen-bond acceptors (Lipinski definition) is 4. The summed E-state index contributed by atoms with van der Waals surface area (Å²) < 4.78 is 43.6. The molecule has 0 saturated carbocycles. The predicted molar refractivity (Wildman–Crippen MR) is 61.3 cm³/mol. The lowest BCUT2D eigenvalue weighted by Gasteiger charge is -2.33. The van der Waals surface area contributed by atoms with Crippen molar-refractivity contribution in [3.63, 3.8) is 0 Å². The number of nitrogens with zero attached hydrogens (tertiary/aromatic N) is 2. The molecule has 0 aromatic heterocycles. The number of ether oxygens (including phenoxy) is 1. The maximum Gasteiger partial charge on any atom is 0.405 e. The lowest BCUT2D eigenvalue weighted by Crippen LogP contribution is -2.51. The fourth-order valence-corrected chi connectivity index (χ4v) is 2.78. The Morgan fingerprint density at radius 1 is 1.22 bits per heavy atom. The van der Waals surface area contributed by atoms with Crippen LogP contribution in [0.25, 0.3) is 0 Å². The van der Waals surface area contributed by atoms with Crippen LogP contribution in [0.2, 0.25) is 0 Å². The fraction of sp³-hybridized carbons (Fsp3) is 1.00. The van der Waals surface area contributed by atoms with E-state index >= 15 is 0 Å². The van der Waals surface area contributed by atoms with E-state index in [9.17, 15) is 13.2 Å². The quantitative estimate of drug-likeness (QED) is 0.797. The molecule has 2 atom stereocenters. The predicted octanol–water partition coefficient (Wildman–Crippen LogP) is 0.283. The molecule has 7 heteroatoms. The molecule has 0 aliphatic carbocycles. The molecule has 2 N–H and O–H groups in total. The van der Waals surface area contributed by atoms with Crippen molar-refractivity contribution in [2.45, 2.75) is 24.7 Å². The molecule has 0 aromatic carbocycles. The van der Waals surface area contributed by atoms with Gasteiger partial charge in [0.05, 0.1) is 13.2 Å². The van der Waals surface area contributed by atoms with E-state index in [-0.39, 0.29) is 12.6 Å². The summed E-state index contributed by atoms with van der Waals surface area (Å²) in [5.41, 5.74) is 5.27. The second-order valence-electron chi connectivity index (χ2n) is 4.88. The van der Waals surface area contributed by atoms with Crippen LogP contribution in [0, 0.1) is 0 Å². The number of hydrogen-bond donors (Lipinski definition) is 1. The lowest BCUT2D eigenvalue weighted by atomic mass is 10.2. The number of rotatable bonds is 3. The number of nitrogens with two attached hydrogens (primary N) is 1. The first-order valence-corrected chi connectivity index (χ1v) is 6.35. The van der Waals surface area contributed by atoms with Crippen LogP contribution >= 0.6 is 0 Å². The smallest absolute Gasteiger partial charge is 0.379 e. The molecule has 2 saturated heterocycles. The van der Waals surface area contributed by atoms with Gasteiger partial charge < -0.3 is 10.5 Å². The molecule has 0 amide bonds. The number of alkyl halides is 3. The van der Waals surface area contributed by atoms with Crippen molar-refractivity contribution < 1.29 is 17.9 Å². The first-order chi connectivity index (χ1) is 8.52. The minimum Gasteiger partial charge on any atom is -0.379 e. The molecule has 106 valence electrons. The van der Waals surface area contributed by atoms with Crippen LogP contribution < -0.4 is 5.73 Å². The molecular formula is C11H20F3N3O. The van der Waals surface area contributed by atoms with E-state index in [0.717, 1.165) is 19.5 Å². The van der Waals surface area contributed by atoms with Crippen LogP contribution in [0.15, 0.2) is 0 Å². The van der Waals surface area contributed by atoms with Gasteiger partial charge in [0.25, 0.3) is 0 Å². The summed E-state index contributed by atoms with van der Waals surface area (Å²) in [7, 11) is 0. The van der Waals surface area contributed by atoms with Gasteiger partial charge in [-0.2, -0.15) is 13.2 Å². The average Bonchev–Trinajstić information content (AvgIpc) is 2.78. The Balaban J connectivity index is 1.90. The van der Waals surface area contributed by atoms with Gasteiger partial charge in [-0.05, 0) is 6.42 Å². The molecule has 0 spiro atoms. The monoisotopic (exact) mass is 267 g/mol.